The first-order valence-electron chi connectivity index (χ1n) is 6.45. The molecule has 5 nitrogen and oxygen atoms in total. The molecule has 1 fully saturated rings. The van der Waals surface area contributed by atoms with Gasteiger partial charge < -0.3 is 10.4 Å². The Bertz CT molecular complexity index is 614. The predicted molar refractivity (Wildman–Crippen MR) is 71.9 cm³/mol. The number of nitrogens with one attached hydrogen (secondary N) is 1. The number of para-hydroxylation sites is 2. The van der Waals surface area contributed by atoms with Gasteiger partial charge in [0.2, 0.25) is 0 Å². The average Bonchev–Trinajstić information content (AvgIpc) is 2.87. The second kappa shape index (κ2) is 4.84. The molecule has 19 heavy (non-hydrogen) atoms. The smallest absolute Gasteiger partial charge is 0.308 e. The Morgan fingerprint density at radius 3 is 2.84 bits per heavy atom. The number of hydrogen-bond acceptors (Lipinski definition) is 4. The number of fused-ring (bicyclic) bond motifs is 1. The molecule has 2 atom stereocenters. The zero-order valence-corrected chi connectivity index (χ0v) is 10.4. The van der Waals surface area contributed by atoms with E-state index in [4.69, 9.17) is 5.11 Å². The Kier molecular flexibility index (Phi) is 3.03. The predicted octanol–water partition coefficient (Wildman–Crippen LogP) is 2.29. The van der Waals surface area contributed by atoms with Gasteiger partial charge in [-0.25, -0.2) is 4.98 Å². The second-order valence-electron chi connectivity index (χ2n) is 4.87. The van der Waals surface area contributed by atoms with Crippen molar-refractivity contribution in [3.05, 3.63) is 30.5 Å². The summed E-state index contributed by atoms with van der Waals surface area (Å²) in [5.74, 6) is -0.408. The molecule has 98 valence electrons. The normalized spacial score (nSPS) is 22.5. The van der Waals surface area contributed by atoms with Crippen LogP contribution in [0.3, 0.4) is 0 Å². The Hall–Kier alpha value is -2.17. The van der Waals surface area contributed by atoms with Crippen LogP contribution in [0.2, 0.25) is 0 Å². The third-order valence-electron chi connectivity index (χ3n) is 3.61. The van der Waals surface area contributed by atoms with E-state index in [1.807, 2.05) is 24.3 Å². The molecule has 0 aliphatic heterocycles. The monoisotopic (exact) mass is 257 g/mol. The number of nitrogens with zero attached hydrogens (tertiary/aromatic N) is 2. The lowest BCUT2D eigenvalue weighted by atomic mass is 10.0. The highest BCUT2D eigenvalue weighted by Gasteiger charge is 2.33. The first kappa shape index (κ1) is 11.9. The van der Waals surface area contributed by atoms with Gasteiger partial charge in [0.05, 0.1) is 23.1 Å². The molecule has 1 saturated carbocycles. The first-order valence-corrected chi connectivity index (χ1v) is 6.45. The maximum absolute atomic E-state index is 11.1. The van der Waals surface area contributed by atoms with Gasteiger partial charge in [-0.2, -0.15) is 0 Å². The largest absolute Gasteiger partial charge is 0.481 e. The summed E-state index contributed by atoms with van der Waals surface area (Å²) in [6.07, 6.45) is 4.20. The number of carbonyl (C=O) groups is 1. The minimum Gasteiger partial charge on any atom is -0.481 e. The summed E-state index contributed by atoms with van der Waals surface area (Å²) in [5, 5.41) is 12.4. The zero-order chi connectivity index (χ0) is 13.2. The van der Waals surface area contributed by atoms with Crippen molar-refractivity contribution in [3.8, 4) is 0 Å². The maximum Gasteiger partial charge on any atom is 0.308 e. The molecule has 1 aliphatic rings. The molecule has 1 aromatic carbocycles. The third kappa shape index (κ3) is 2.36. The van der Waals surface area contributed by atoms with Gasteiger partial charge in [-0.3, -0.25) is 9.78 Å². The lowest BCUT2D eigenvalue weighted by Crippen LogP contribution is -2.30. The fraction of sp³-hybridized carbons (Fsp3) is 0.357. The van der Waals surface area contributed by atoms with E-state index in [9.17, 15) is 4.79 Å². The summed E-state index contributed by atoms with van der Waals surface area (Å²) in [7, 11) is 0. The molecule has 0 bridgehead atoms. The van der Waals surface area contributed by atoms with Crippen molar-refractivity contribution in [3.63, 3.8) is 0 Å². The summed E-state index contributed by atoms with van der Waals surface area (Å²) in [5.41, 5.74) is 1.66. The van der Waals surface area contributed by atoms with Gasteiger partial charge in [0, 0.05) is 6.04 Å². The zero-order valence-electron chi connectivity index (χ0n) is 10.4. The number of aliphatic carboxylic acids is 1. The van der Waals surface area contributed by atoms with Gasteiger partial charge in [-0.1, -0.05) is 18.6 Å². The van der Waals surface area contributed by atoms with Gasteiger partial charge in [0.15, 0.2) is 0 Å². The molecule has 0 amide bonds. The average molecular weight is 257 g/mol. The number of aromatic nitrogens is 2. The van der Waals surface area contributed by atoms with E-state index in [1.54, 1.807) is 6.20 Å². The van der Waals surface area contributed by atoms with Crippen LogP contribution in [0.5, 0.6) is 0 Å². The Balaban J connectivity index is 1.83. The van der Waals surface area contributed by atoms with E-state index in [1.165, 1.54) is 0 Å². The molecule has 2 unspecified atom stereocenters. The number of rotatable bonds is 3. The summed E-state index contributed by atoms with van der Waals surface area (Å²) in [6, 6.07) is 7.59. The van der Waals surface area contributed by atoms with Crippen molar-refractivity contribution in [2.75, 3.05) is 5.32 Å². The van der Waals surface area contributed by atoms with Gasteiger partial charge in [-0.05, 0) is 25.0 Å². The minimum absolute atomic E-state index is 0.0482. The number of carboxylic acids is 1. The topological polar surface area (TPSA) is 75.1 Å². The summed E-state index contributed by atoms with van der Waals surface area (Å²) >= 11 is 0. The molecule has 1 aliphatic carbocycles. The Morgan fingerprint density at radius 2 is 2.05 bits per heavy atom. The fourth-order valence-corrected chi connectivity index (χ4v) is 2.65. The molecule has 2 aromatic rings. The summed E-state index contributed by atoms with van der Waals surface area (Å²) in [6.45, 7) is 0. The molecule has 1 heterocycles. The highest BCUT2D eigenvalue weighted by molar-refractivity contribution is 5.75. The third-order valence-corrected chi connectivity index (χ3v) is 3.61. The van der Waals surface area contributed by atoms with Gasteiger partial charge >= 0.3 is 5.97 Å². The minimum atomic E-state index is -0.733. The van der Waals surface area contributed by atoms with Gasteiger partial charge in [0.25, 0.3) is 0 Å². The van der Waals surface area contributed by atoms with E-state index in [2.05, 4.69) is 15.3 Å². The summed E-state index contributed by atoms with van der Waals surface area (Å²) in [4.78, 5) is 19.9. The van der Waals surface area contributed by atoms with Crippen LogP contribution in [-0.4, -0.2) is 27.1 Å². The number of anilines is 1. The SMILES string of the molecule is O=C(O)C1CCCC1Nc1cnc2ccccc2n1. The summed E-state index contributed by atoms with van der Waals surface area (Å²) < 4.78 is 0. The standard InChI is InChI=1S/C14H15N3O2/c18-14(19)9-4-3-7-10(9)16-13-8-15-11-5-1-2-6-12(11)17-13/h1-2,5-6,8-10H,3-4,7H2,(H,16,17)(H,18,19). The van der Waals surface area contributed by atoms with E-state index >= 15 is 0 Å². The van der Waals surface area contributed by atoms with Crippen molar-refractivity contribution >= 4 is 22.8 Å². The van der Waals surface area contributed by atoms with E-state index in [-0.39, 0.29) is 12.0 Å². The highest BCUT2D eigenvalue weighted by Crippen LogP contribution is 2.28. The quantitative estimate of drug-likeness (QED) is 0.882. The van der Waals surface area contributed by atoms with Crippen LogP contribution >= 0.6 is 0 Å². The lowest BCUT2D eigenvalue weighted by molar-refractivity contribution is -0.141. The first-order chi connectivity index (χ1) is 9.24. The number of hydrogen-bond donors (Lipinski definition) is 2. The number of benzene rings is 1. The van der Waals surface area contributed by atoms with Crippen molar-refractivity contribution in [2.24, 2.45) is 5.92 Å². The van der Waals surface area contributed by atoms with Crippen molar-refractivity contribution in [2.45, 2.75) is 25.3 Å². The Labute approximate surface area is 110 Å². The molecule has 1 aromatic heterocycles. The van der Waals surface area contributed by atoms with Crippen LogP contribution in [0.1, 0.15) is 19.3 Å². The van der Waals surface area contributed by atoms with E-state index in [0.717, 1.165) is 30.3 Å². The van der Waals surface area contributed by atoms with Gasteiger partial charge in [-0.15, -0.1) is 0 Å². The van der Waals surface area contributed by atoms with Crippen LogP contribution in [0.25, 0.3) is 11.0 Å². The van der Waals surface area contributed by atoms with Crippen LogP contribution < -0.4 is 5.32 Å². The molecule has 0 spiro atoms. The molecule has 3 rings (SSSR count). The van der Waals surface area contributed by atoms with Crippen molar-refractivity contribution in [1.29, 1.82) is 0 Å². The molecular weight excluding hydrogens is 242 g/mol. The lowest BCUT2D eigenvalue weighted by Gasteiger charge is -2.18. The molecule has 0 radical (unpaired) electrons. The van der Waals surface area contributed by atoms with Crippen molar-refractivity contribution in [1.82, 2.24) is 9.97 Å². The second-order valence-corrected chi connectivity index (χ2v) is 4.87. The van der Waals surface area contributed by atoms with Crippen LogP contribution in [0.4, 0.5) is 5.82 Å². The Morgan fingerprint density at radius 1 is 1.26 bits per heavy atom. The molecule has 0 saturated heterocycles. The maximum atomic E-state index is 11.1. The van der Waals surface area contributed by atoms with Gasteiger partial charge in [0.1, 0.15) is 5.82 Å². The molecule has 5 heteroatoms. The van der Waals surface area contributed by atoms with Crippen LogP contribution in [-0.2, 0) is 4.79 Å². The van der Waals surface area contributed by atoms with Crippen LogP contribution in [0.15, 0.2) is 30.5 Å². The van der Waals surface area contributed by atoms with E-state index < -0.39 is 5.97 Å². The van der Waals surface area contributed by atoms with Crippen LogP contribution in [0, 0.1) is 5.92 Å². The highest BCUT2D eigenvalue weighted by atomic mass is 16.4. The van der Waals surface area contributed by atoms with E-state index in [0.29, 0.717) is 5.82 Å². The molecular formula is C14H15N3O2. The fourth-order valence-electron chi connectivity index (χ4n) is 2.65. The van der Waals surface area contributed by atoms with Crippen molar-refractivity contribution < 1.29 is 9.90 Å². The number of carboxylic acid groups (broad SMARTS) is 1. The molecule has 2 N–H and O–H groups in total.